The fraction of sp³-hybridized carbons (Fsp3) is 0.571. The predicted octanol–water partition coefficient (Wildman–Crippen LogP) is -0.102. The summed E-state index contributed by atoms with van der Waals surface area (Å²) < 4.78 is 0. The van der Waals surface area contributed by atoms with Crippen molar-refractivity contribution in [3.63, 3.8) is 0 Å². The van der Waals surface area contributed by atoms with Crippen LogP contribution in [0.3, 0.4) is 0 Å². The summed E-state index contributed by atoms with van der Waals surface area (Å²) in [6.45, 7) is 2.99. The van der Waals surface area contributed by atoms with Crippen LogP contribution in [0.2, 0.25) is 0 Å². The van der Waals surface area contributed by atoms with Crippen molar-refractivity contribution in [2.24, 2.45) is 5.92 Å². The molecular formula is C21H28N4O4. The van der Waals surface area contributed by atoms with Crippen molar-refractivity contribution in [1.29, 1.82) is 0 Å². The highest BCUT2D eigenvalue weighted by Gasteiger charge is 2.39. The quantitative estimate of drug-likeness (QED) is 0.514. The lowest BCUT2D eigenvalue weighted by molar-refractivity contribution is -0.136. The Morgan fingerprint density at radius 2 is 1.97 bits per heavy atom. The van der Waals surface area contributed by atoms with Gasteiger partial charge in [-0.1, -0.05) is 12.1 Å². The highest BCUT2D eigenvalue weighted by atomic mass is 16.3. The number of benzene rings is 1. The number of nitrogens with zero attached hydrogens (tertiary/aromatic N) is 1. The van der Waals surface area contributed by atoms with Gasteiger partial charge >= 0.3 is 0 Å². The van der Waals surface area contributed by atoms with E-state index in [1.807, 2.05) is 12.1 Å². The summed E-state index contributed by atoms with van der Waals surface area (Å²) in [6, 6.07) is 5.31. The number of carbonyl (C=O) groups is 3. The third kappa shape index (κ3) is 4.05. The Kier molecular flexibility index (Phi) is 5.94. The number of hydrogen-bond acceptors (Lipinski definition) is 6. The molecule has 4 rings (SSSR count). The van der Waals surface area contributed by atoms with Crippen LogP contribution in [0.1, 0.15) is 47.2 Å². The summed E-state index contributed by atoms with van der Waals surface area (Å²) in [5.74, 6) is -0.609. The number of fused-ring (bicyclic) bond motifs is 1. The van der Waals surface area contributed by atoms with Crippen LogP contribution < -0.4 is 16.0 Å². The molecule has 0 aromatic heterocycles. The summed E-state index contributed by atoms with van der Waals surface area (Å²) in [5.41, 5.74) is 2.62. The Morgan fingerprint density at radius 3 is 2.76 bits per heavy atom. The normalized spacial score (nSPS) is 27.6. The van der Waals surface area contributed by atoms with E-state index >= 15 is 0 Å². The lowest BCUT2D eigenvalue weighted by Gasteiger charge is -2.29. The molecule has 0 radical (unpaired) electrons. The number of amides is 3. The summed E-state index contributed by atoms with van der Waals surface area (Å²) in [7, 11) is 0. The van der Waals surface area contributed by atoms with Gasteiger partial charge in [-0.15, -0.1) is 0 Å². The first-order valence-corrected chi connectivity index (χ1v) is 10.4. The van der Waals surface area contributed by atoms with Crippen molar-refractivity contribution < 1.29 is 19.5 Å². The van der Waals surface area contributed by atoms with Crippen LogP contribution in [0.25, 0.3) is 0 Å². The molecule has 4 N–H and O–H groups in total. The van der Waals surface area contributed by atoms with Gasteiger partial charge in [-0.3, -0.25) is 19.7 Å². The molecule has 0 aliphatic carbocycles. The Labute approximate surface area is 170 Å². The van der Waals surface area contributed by atoms with Crippen LogP contribution in [0, 0.1) is 5.92 Å². The third-order valence-corrected chi connectivity index (χ3v) is 6.36. The molecular weight excluding hydrogens is 372 g/mol. The van der Waals surface area contributed by atoms with E-state index < -0.39 is 6.04 Å². The molecule has 29 heavy (non-hydrogen) atoms. The van der Waals surface area contributed by atoms with Gasteiger partial charge in [0.2, 0.25) is 11.8 Å². The van der Waals surface area contributed by atoms with Crippen molar-refractivity contribution in [2.75, 3.05) is 19.7 Å². The van der Waals surface area contributed by atoms with Gasteiger partial charge in [-0.25, -0.2) is 0 Å². The van der Waals surface area contributed by atoms with Crippen LogP contribution >= 0.6 is 0 Å². The Bertz CT molecular complexity index is 812. The number of rotatable bonds is 5. The van der Waals surface area contributed by atoms with Crippen molar-refractivity contribution >= 4 is 17.7 Å². The molecule has 3 heterocycles. The van der Waals surface area contributed by atoms with E-state index in [1.54, 1.807) is 11.0 Å². The van der Waals surface area contributed by atoms with Gasteiger partial charge in [0.15, 0.2) is 0 Å². The van der Waals surface area contributed by atoms with E-state index in [0.717, 1.165) is 37.1 Å². The van der Waals surface area contributed by atoms with Gasteiger partial charge in [0.05, 0.1) is 0 Å². The summed E-state index contributed by atoms with van der Waals surface area (Å²) in [4.78, 5) is 38.2. The van der Waals surface area contributed by atoms with E-state index in [2.05, 4.69) is 16.0 Å². The molecule has 156 valence electrons. The second kappa shape index (κ2) is 8.61. The van der Waals surface area contributed by atoms with Gasteiger partial charge in [0.25, 0.3) is 5.91 Å². The molecule has 8 heteroatoms. The fourth-order valence-corrected chi connectivity index (χ4v) is 4.65. The topological polar surface area (TPSA) is 111 Å². The first-order chi connectivity index (χ1) is 14.1. The maximum absolute atomic E-state index is 12.9. The first-order valence-electron chi connectivity index (χ1n) is 10.4. The average Bonchev–Trinajstić information content (AvgIpc) is 2.89. The number of imide groups is 1. The lowest BCUT2D eigenvalue weighted by Crippen LogP contribution is -2.52. The fourth-order valence-electron chi connectivity index (χ4n) is 4.65. The second-order valence-corrected chi connectivity index (χ2v) is 8.10. The molecule has 1 aromatic rings. The third-order valence-electron chi connectivity index (χ3n) is 6.36. The number of piperidine rings is 1. The molecule has 3 amide bonds. The molecule has 3 unspecified atom stereocenters. The van der Waals surface area contributed by atoms with Crippen LogP contribution in [0.15, 0.2) is 18.2 Å². The molecule has 8 nitrogen and oxygen atoms in total. The van der Waals surface area contributed by atoms with Crippen molar-refractivity contribution in [2.45, 2.75) is 50.9 Å². The molecule has 3 aliphatic heterocycles. The smallest absolute Gasteiger partial charge is 0.255 e. The molecule has 1 aromatic carbocycles. The Morgan fingerprint density at radius 1 is 1.14 bits per heavy atom. The zero-order valence-corrected chi connectivity index (χ0v) is 16.4. The van der Waals surface area contributed by atoms with Gasteiger partial charge < -0.3 is 20.6 Å². The van der Waals surface area contributed by atoms with E-state index in [4.69, 9.17) is 0 Å². The van der Waals surface area contributed by atoms with Crippen LogP contribution in [0.5, 0.6) is 0 Å². The Balaban J connectivity index is 1.48. The minimum Gasteiger partial charge on any atom is -0.396 e. The van der Waals surface area contributed by atoms with E-state index in [0.29, 0.717) is 25.1 Å². The molecule has 2 saturated heterocycles. The SMILES string of the molecule is O=C1CCC(N2Cc3c(CNC4CCNCCC4CO)cccc3C2=O)C(=O)N1. The highest BCUT2D eigenvalue weighted by Crippen LogP contribution is 2.30. The van der Waals surface area contributed by atoms with Gasteiger partial charge in [0, 0.05) is 37.7 Å². The molecule has 0 bridgehead atoms. The maximum atomic E-state index is 12.9. The van der Waals surface area contributed by atoms with Crippen molar-refractivity contribution in [1.82, 2.24) is 20.9 Å². The molecule has 0 spiro atoms. The zero-order chi connectivity index (χ0) is 20.4. The number of hydrogen-bond donors (Lipinski definition) is 4. The number of aliphatic hydroxyl groups is 1. The zero-order valence-electron chi connectivity index (χ0n) is 16.4. The monoisotopic (exact) mass is 400 g/mol. The van der Waals surface area contributed by atoms with Gasteiger partial charge in [-0.05, 0) is 55.5 Å². The number of nitrogens with one attached hydrogen (secondary N) is 3. The highest BCUT2D eigenvalue weighted by molar-refractivity contribution is 6.05. The van der Waals surface area contributed by atoms with Crippen LogP contribution in [-0.4, -0.2) is 59.5 Å². The van der Waals surface area contributed by atoms with Gasteiger partial charge in [-0.2, -0.15) is 0 Å². The number of aliphatic hydroxyl groups excluding tert-OH is 1. The largest absolute Gasteiger partial charge is 0.396 e. The van der Waals surface area contributed by atoms with Crippen molar-refractivity contribution in [3.05, 3.63) is 34.9 Å². The standard InChI is InChI=1S/C21H28N4O4/c26-12-14-6-8-22-9-7-17(14)23-10-13-2-1-3-15-16(13)11-25(21(15)29)18-4-5-19(27)24-20(18)28/h1-3,14,17-18,22-23,26H,4-12H2,(H,24,27,28). The van der Waals surface area contributed by atoms with Crippen LogP contribution in [-0.2, 0) is 22.7 Å². The van der Waals surface area contributed by atoms with E-state index in [1.165, 1.54) is 0 Å². The summed E-state index contributed by atoms with van der Waals surface area (Å²) >= 11 is 0. The minimum absolute atomic E-state index is 0.150. The maximum Gasteiger partial charge on any atom is 0.255 e. The van der Waals surface area contributed by atoms with Crippen LogP contribution in [0.4, 0.5) is 0 Å². The molecule has 2 fully saturated rings. The van der Waals surface area contributed by atoms with E-state index in [9.17, 15) is 19.5 Å². The summed E-state index contributed by atoms with van der Waals surface area (Å²) in [5, 5.41) is 19.0. The molecule has 0 saturated carbocycles. The predicted molar refractivity (Wildman–Crippen MR) is 106 cm³/mol. The average molecular weight is 400 g/mol. The molecule has 3 aliphatic rings. The van der Waals surface area contributed by atoms with Crippen molar-refractivity contribution in [3.8, 4) is 0 Å². The Hall–Kier alpha value is -2.29. The number of carbonyl (C=O) groups excluding carboxylic acids is 3. The van der Waals surface area contributed by atoms with Gasteiger partial charge in [0.1, 0.15) is 6.04 Å². The molecule has 3 atom stereocenters. The van der Waals surface area contributed by atoms with E-state index in [-0.39, 0.29) is 42.7 Å². The second-order valence-electron chi connectivity index (χ2n) is 8.10. The summed E-state index contributed by atoms with van der Waals surface area (Å²) in [6.07, 6.45) is 2.50. The first kappa shape index (κ1) is 20.0. The lowest BCUT2D eigenvalue weighted by atomic mass is 9.95. The minimum atomic E-state index is -0.597.